The highest BCUT2D eigenvalue weighted by molar-refractivity contribution is 6.14. The van der Waals surface area contributed by atoms with Gasteiger partial charge < -0.3 is 4.74 Å². The van der Waals surface area contributed by atoms with Gasteiger partial charge in [0.05, 0.1) is 11.3 Å². The number of hydrogen-bond donors (Lipinski definition) is 0. The van der Waals surface area contributed by atoms with Crippen molar-refractivity contribution in [2.24, 2.45) is 14.1 Å². The number of esters is 1. The fourth-order valence-corrected chi connectivity index (χ4v) is 2.85. The molecule has 3 rings (SSSR count). The minimum atomic E-state index is -0.714. The van der Waals surface area contributed by atoms with E-state index in [0.717, 1.165) is 10.1 Å². The summed E-state index contributed by atoms with van der Waals surface area (Å²) in [5.41, 5.74) is 1.08. The molecule has 7 nitrogen and oxygen atoms in total. The minimum absolute atomic E-state index is 0.118. The second-order valence-corrected chi connectivity index (χ2v) is 6.69. The van der Waals surface area contributed by atoms with E-state index in [2.05, 4.69) is 0 Å². The second kappa shape index (κ2) is 8.10. The third kappa shape index (κ3) is 4.08. The Morgan fingerprint density at radius 2 is 1.52 bits per heavy atom. The Kier molecular flexibility index (Phi) is 5.59. The fourth-order valence-electron chi connectivity index (χ4n) is 2.85. The van der Waals surface area contributed by atoms with Gasteiger partial charge in [-0.1, -0.05) is 48.0 Å². The van der Waals surface area contributed by atoms with Gasteiger partial charge >= 0.3 is 11.7 Å². The number of hydrogen-bond acceptors (Lipinski definition) is 5. The summed E-state index contributed by atoms with van der Waals surface area (Å²) in [5, 5.41) is 0. The second-order valence-electron chi connectivity index (χ2n) is 6.69. The molecule has 0 spiro atoms. The van der Waals surface area contributed by atoms with Crippen molar-refractivity contribution in [2.45, 2.75) is 13.5 Å². The Labute approximate surface area is 166 Å². The number of ether oxygens (including phenoxy) is 1. The average molecular weight is 392 g/mol. The zero-order valence-corrected chi connectivity index (χ0v) is 16.3. The van der Waals surface area contributed by atoms with E-state index in [1.54, 1.807) is 30.3 Å². The van der Waals surface area contributed by atoms with Crippen LogP contribution < -0.4 is 11.2 Å². The maximum atomic E-state index is 12.8. The van der Waals surface area contributed by atoms with Crippen molar-refractivity contribution < 1.29 is 14.3 Å². The zero-order chi connectivity index (χ0) is 21.1. The molecule has 0 radical (unpaired) electrons. The highest BCUT2D eigenvalue weighted by atomic mass is 16.5. The van der Waals surface area contributed by atoms with Crippen molar-refractivity contribution in [3.05, 3.63) is 103 Å². The Morgan fingerprint density at radius 1 is 0.897 bits per heavy atom. The molecule has 2 aromatic carbocycles. The summed E-state index contributed by atoms with van der Waals surface area (Å²) in [7, 11) is 2.85. The summed E-state index contributed by atoms with van der Waals surface area (Å²) in [6, 6.07) is 14.7. The molecule has 3 aromatic rings. The summed E-state index contributed by atoms with van der Waals surface area (Å²) in [5.74, 6) is -1.01. The van der Waals surface area contributed by atoms with Crippen LogP contribution in [0.5, 0.6) is 0 Å². The first-order valence-electron chi connectivity index (χ1n) is 8.93. The molecule has 0 N–H and O–H groups in total. The molecule has 0 saturated heterocycles. The number of carbonyl (C=O) groups excluding carboxylic acids is 2. The molecule has 0 fully saturated rings. The Hall–Kier alpha value is -3.74. The van der Waals surface area contributed by atoms with Crippen molar-refractivity contribution >= 4 is 11.8 Å². The molecule has 7 heteroatoms. The number of rotatable bonds is 5. The van der Waals surface area contributed by atoms with Gasteiger partial charge in [-0.3, -0.25) is 18.7 Å². The van der Waals surface area contributed by atoms with Gasteiger partial charge in [0.25, 0.3) is 5.56 Å². The lowest BCUT2D eigenvalue weighted by Crippen LogP contribution is -2.38. The van der Waals surface area contributed by atoms with Crippen molar-refractivity contribution in [3.63, 3.8) is 0 Å². The van der Waals surface area contributed by atoms with Gasteiger partial charge in [-0.25, -0.2) is 9.59 Å². The normalized spacial score (nSPS) is 10.6. The van der Waals surface area contributed by atoms with Crippen molar-refractivity contribution in [1.29, 1.82) is 0 Å². The predicted octanol–water partition coefficient (Wildman–Crippen LogP) is 1.98. The largest absolute Gasteiger partial charge is 0.456 e. The van der Waals surface area contributed by atoms with Crippen LogP contribution in [-0.4, -0.2) is 20.9 Å². The van der Waals surface area contributed by atoms with Crippen LogP contribution in [0.15, 0.2) is 64.2 Å². The van der Waals surface area contributed by atoms with Crippen molar-refractivity contribution in [3.8, 4) is 0 Å². The molecule has 0 amide bonds. The van der Waals surface area contributed by atoms with Crippen molar-refractivity contribution in [1.82, 2.24) is 9.13 Å². The van der Waals surface area contributed by atoms with E-state index in [-0.39, 0.29) is 29.2 Å². The molecule has 0 aliphatic rings. The van der Waals surface area contributed by atoms with E-state index in [4.69, 9.17) is 4.74 Å². The summed E-state index contributed by atoms with van der Waals surface area (Å²) in [6.07, 6.45) is 0. The van der Waals surface area contributed by atoms with E-state index in [0.29, 0.717) is 5.56 Å². The summed E-state index contributed by atoms with van der Waals surface area (Å²) in [4.78, 5) is 49.3. The number of nitrogens with zero attached hydrogens (tertiary/aromatic N) is 2. The Bertz CT molecular complexity index is 1200. The standard InChI is InChI=1S/C22H20N2O5/c1-14-8-10-15(11-9-14)20(26)17-6-4-5-7-18(17)21(27)29-13-16-12-19(25)24(3)22(28)23(16)2/h4-12H,13H2,1-3H3. The molecule has 0 bridgehead atoms. The van der Waals surface area contributed by atoms with Crippen LogP contribution in [0.3, 0.4) is 0 Å². The number of carbonyl (C=O) groups is 2. The predicted molar refractivity (Wildman–Crippen MR) is 107 cm³/mol. The van der Waals surface area contributed by atoms with E-state index in [1.807, 2.05) is 19.1 Å². The van der Waals surface area contributed by atoms with Gasteiger partial charge in [-0.05, 0) is 13.0 Å². The van der Waals surface area contributed by atoms with Crippen LogP contribution in [0, 0.1) is 6.92 Å². The molecule has 0 aliphatic carbocycles. The lowest BCUT2D eigenvalue weighted by Gasteiger charge is -2.12. The molecule has 0 aliphatic heterocycles. The smallest absolute Gasteiger partial charge is 0.339 e. The average Bonchev–Trinajstić information content (AvgIpc) is 2.73. The molecular weight excluding hydrogens is 372 g/mol. The third-order valence-electron chi connectivity index (χ3n) is 4.68. The fraction of sp³-hybridized carbons (Fsp3) is 0.182. The van der Waals surface area contributed by atoms with Gasteiger partial charge in [0.1, 0.15) is 6.61 Å². The monoisotopic (exact) mass is 392 g/mol. The maximum absolute atomic E-state index is 12.8. The summed E-state index contributed by atoms with van der Waals surface area (Å²) in [6.45, 7) is 1.65. The molecule has 148 valence electrons. The van der Waals surface area contributed by atoms with Gasteiger partial charge in [-0.15, -0.1) is 0 Å². The van der Waals surface area contributed by atoms with Crippen LogP contribution in [-0.2, 0) is 25.4 Å². The number of aryl methyl sites for hydroxylation is 1. The Morgan fingerprint density at radius 3 is 2.17 bits per heavy atom. The topological polar surface area (TPSA) is 87.4 Å². The highest BCUT2D eigenvalue weighted by Crippen LogP contribution is 2.17. The molecular formula is C22H20N2O5. The first kappa shape index (κ1) is 20.0. The van der Waals surface area contributed by atoms with E-state index in [9.17, 15) is 19.2 Å². The molecule has 0 unspecified atom stereocenters. The van der Waals surface area contributed by atoms with Crippen LogP contribution in [0.25, 0.3) is 0 Å². The molecule has 1 aromatic heterocycles. The first-order chi connectivity index (χ1) is 13.8. The van der Waals surface area contributed by atoms with Crippen molar-refractivity contribution in [2.75, 3.05) is 0 Å². The third-order valence-corrected chi connectivity index (χ3v) is 4.68. The van der Waals surface area contributed by atoms with Crippen LogP contribution in [0.4, 0.5) is 0 Å². The van der Waals surface area contributed by atoms with E-state index < -0.39 is 17.2 Å². The quantitative estimate of drug-likeness (QED) is 0.489. The molecule has 29 heavy (non-hydrogen) atoms. The van der Waals surface area contributed by atoms with Gasteiger partial charge in [0.2, 0.25) is 0 Å². The van der Waals surface area contributed by atoms with E-state index in [1.165, 1.54) is 30.8 Å². The van der Waals surface area contributed by atoms with Crippen LogP contribution >= 0.6 is 0 Å². The van der Waals surface area contributed by atoms with Crippen LogP contribution in [0.2, 0.25) is 0 Å². The highest BCUT2D eigenvalue weighted by Gasteiger charge is 2.19. The zero-order valence-electron chi connectivity index (χ0n) is 16.3. The van der Waals surface area contributed by atoms with Gasteiger partial charge in [0, 0.05) is 31.3 Å². The number of ketones is 1. The first-order valence-corrected chi connectivity index (χ1v) is 8.93. The van der Waals surface area contributed by atoms with Gasteiger partial charge in [-0.2, -0.15) is 0 Å². The Balaban J connectivity index is 1.86. The minimum Gasteiger partial charge on any atom is -0.456 e. The van der Waals surface area contributed by atoms with E-state index >= 15 is 0 Å². The summed E-state index contributed by atoms with van der Waals surface area (Å²) < 4.78 is 7.48. The summed E-state index contributed by atoms with van der Waals surface area (Å²) >= 11 is 0. The maximum Gasteiger partial charge on any atom is 0.339 e. The lowest BCUT2D eigenvalue weighted by atomic mass is 9.98. The number of benzene rings is 2. The SMILES string of the molecule is Cc1ccc(C(=O)c2ccccc2C(=O)OCc2cc(=O)n(C)c(=O)n2C)cc1. The molecule has 0 atom stereocenters. The molecule has 0 saturated carbocycles. The van der Waals surface area contributed by atoms with Gasteiger partial charge in [0.15, 0.2) is 5.78 Å². The lowest BCUT2D eigenvalue weighted by molar-refractivity contribution is 0.0460. The number of aromatic nitrogens is 2. The molecule has 1 heterocycles. The van der Waals surface area contributed by atoms with Crippen LogP contribution in [0.1, 0.15) is 37.5 Å².